The van der Waals surface area contributed by atoms with Gasteiger partial charge in [0.1, 0.15) is 6.61 Å². The number of anilines is 1. The summed E-state index contributed by atoms with van der Waals surface area (Å²) in [4.78, 5) is 12.6. The number of fused-ring (bicyclic) bond motifs is 1. The molecular formula is C28H39Ac2NO4. The molecule has 3 unspecified atom stereocenters. The van der Waals surface area contributed by atoms with Crippen LogP contribution >= 0.6 is 0 Å². The van der Waals surface area contributed by atoms with Gasteiger partial charge in [-0.2, -0.15) is 0 Å². The van der Waals surface area contributed by atoms with E-state index < -0.39 is 11.5 Å². The van der Waals surface area contributed by atoms with E-state index >= 15 is 0 Å². The molecular weight excluding hydrogens is 868 g/mol. The Bertz CT molecular complexity index is 980. The number of aliphatic hydroxyl groups excluding tert-OH is 2. The summed E-state index contributed by atoms with van der Waals surface area (Å²) in [6.45, 7) is 13.3. The second-order valence-electron chi connectivity index (χ2n) is 11.0. The Hall–Kier alpha value is 0.773. The summed E-state index contributed by atoms with van der Waals surface area (Å²) in [6, 6.07) is 6.01. The number of hydrogen-bond donors (Lipinski definition) is 3. The molecule has 6 atom stereocenters. The van der Waals surface area contributed by atoms with Gasteiger partial charge in [0.2, 0.25) is 0 Å². The summed E-state index contributed by atoms with van der Waals surface area (Å²) in [5.74, 6) is 0.117. The van der Waals surface area contributed by atoms with Gasteiger partial charge < -0.3 is 20.3 Å². The van der Waals surface area contributed by atoms with Gasteiger partial charge in [-0.25, -0.2) is 4.79 Å². The van der Waals surface area contributed by atoms with Crippen LogP contribution in [0.1, 0.15) is 57.1 Å². The van der Waals surface area contributed by atoms with Gasteiger partial charge in [-0.3, -0.25) is 0 Å². The van der Waals surface area contributed by atoms with Crippen LogP contribution in [0.15, 0.2) is 42.0 Å². The van der Waals surface area contributed by atoms with Crippen molar-refractivity contribution in [1.29, 1.82) is 0 Å². The standard InChI is InChI=1S/C28H39NO4.2Ac/c1-17-7-6-8-22(19(17)3)29-23(20-12-14-33-26(20)32)15-21-18(2)9-10-24-27(21,4)13-11-25(31)28(24,5)16-30;;/h6-8,12,21,23-25,29-31H,2,9-11,13-16H2,1,3-5H3;;/t21-,23?,24?,25?,27+,28-;;/m0../s1. The van der Waals surface area contributed by atoms with Crippen molar-refractivity contribution in [2.45, 2.75) is 71.9 Å². The Labute approximate surface area is 282 Å². The van der Waals surface area contributed by atoms with Crippen LogP contribution in [0.5, 0.6) is 0 Å². The molecule has 4 rings (SSSR count). The molecule has 1 aliphatic heterocycles. The van der Waals surface area contributed by atoms with E-state index in [9.17, 15) is 15.0 Å². The van der Waals surface area contributed by atoms with Crippen LogP contribution in [0.4, 0.5) is 5.69 Å². The largest absolute Gasteiger partial charge is 0.458 e. The van der Waals surface area contributed by atoms with E-state index in [-0.39, 0.29) is 124 Å². The third-order valence-electron chi connectivity index (χ3n) is 9.23. The molecule has 186 valence electrons. The number of benzene rings is 1. The third-order valence-corrected chi connectivity index (χ3v) is 9.23. The van der Waals surface area contributed by atoms with Crippen LogP contribution < -0.4 is 5.32 Å². The van der Waals surface area contributed by atoms with E-state index in [1.54, 1.807) is 0 Å². The number of carbonyl (C=O) groups is 1. The van der Waals surface area contributed by atoms with Crippen molar-refractivity contribution in [1.82, 2.24) is 0 Å². The van der Waals surface area contributed by atoms with Crippen molar-refractivity contribution in [2.75, 3.05) is 18.5 Å². The Kier molecular flexibility index (Phi) is 11.7. The van der Waals surface area contributed by atoms with Gasteiger partial charge in [0.05, 0.1) is 24.3 Å². The molecule has 3 aliphatic rings. The van der Waals surface area contributed by atoms with E-state index in [4.69, 9.17) is 4.74 Å². The summed E-state index contributed by atoms with van der Waals surface area (Å²) in [5.41, 5.74) is 4.69. The van der Waals surface area contributed by atoms with Gasteiger partial charge in [0.25, 0.3) is 0 Å². The van der Waals surface area contributed by atoms with E-state index in [2.05, 4.69) is 44.8 Å². The fourth-order valence-corrected chi connectivity index (χ4v) is 6.89. The van der Waals surface area contributed by atoms with Gasteiger partial charge in [0.15, 0.2) is 0 Å². The molecule has 5 nitrogen and oxygen atoms in total. The molecule has 1 aromatic rings. The van der Waals surface area contributed by atoms with E-state index in [0.717, 1.165) is 31.4 Å². The van der Waals surface area contributed by atoms with Crippen LogP contribution in [0, 0.1) is 125 Å². The van der Waals surface area contributed by atoms with Gasteiger partial charge in [0, 0.05) is 99.2 Å². The second kappa shape index (κ2) is 12.8. The number of nitrogens with one attached hydrogen (secondary N) is 1. The fourth-order valence-electron chi connectivity index (χ4n) is 6.89. The van der Waals surface area contributed by atoms with Crippen molar-refractivity contribution in [3.8, 4) is 0 Å². The summed E-state index contributed by atoms with van der Waals surface area (Å²) < 4.78 is 5.29. The van der Waals surface area contributed by atoms with Crippen molar-refractivity contribution in [2.24, 2.45) is 22.7 Å². The predicted molar refractivity (Wildman–Crippen MR) is 131 cm³/mol. The molecule has 3 N–H and O–H groups in total. The molecule has 0 bridgehead atoms. The smallest absolute Gasteiger partial charge is 0.336 e. The fraction of sp³-hybridized carbons (Fsp3) is 0.607. The SMILES string of the molecule is C=C1CCC2[C@](C)(CO)C(O)CC[C@]2(C)[C@H]1CC(Nc1cccc(C)c1C)C1=CCOC1=O.[Ac].[Ac]. The Morgan fingerprint density at radius 2 is 1.94 bits per heavy atom. The van der Waals surface area contributed by atoms with Gasteiger partial charge in [-0.1, -0.05) is 38.1 Å². The van der Waals surface area contributed by atoms with Crippen molar-refractivity contribution < 1.29 is 108 Å². The minimum absolute atomic E-state index is 0. The average molecular weight is 908 g/mol. The second-order valence-corrected chi connectivity index (χ2v) is 11.0. The number of esters is 1. The summed E-state index contributed by atoms with van der Waals surface area (Å²) in [6.07, 6.45) is 5.51. The molecule has 2 fully saturated rings. The number of rotatable bonds is 6. The van der Waals surface area contributed by atoms with Crippen LogP contribution in [-0.2, 0) is 9.53 Å². The Balaban J connectivity index is 0.00000216. The van der Waals surface area contributed by atoms with E-state index in [1.165, 1.54) is 16.7 Å². The number of aliphatic hydroxyl groups is 2. The molecule has 0 aromatic heterocycles. The molecule has 35 heavy (non-hydrogen) atoms. The van der Waals surface area contributed by atoms with E-state index in [0.29, 0.717) is 18.6 Å². The van der Waals surface area contributed by atoms with E-state index in [1.807, 2.05) is 19.1 Å². The predicted octanol–water partition coefficient (Wildman–Crippen LogP) is 4.70. The first-order valence-electron chi connectivity index (χ1n) is 12.3. The zero-order valence-corrected chi connectivity index (χ0v) is 31.1. The molecule has 2 radical (unpaired) electrons. The summed E-state index contributed by atoms with van der Waals surface area (Å²) in [5, 5.41) is 24.8. The zero-order chi connectivity index (χ0) is 24.0. The molecule has 0 amide bonds. The Morgan fingerprint density at radius 1 is 1.23 bits per heavy atom. The molecule has 1 heterocycles. The average Bonchev–Trinajstić information content (AvgIpc) is 3.21. The monoisotopic (exact) mass is 907 g/mol. The molecule has 7 heteroatoms. The molecule has 1 aromatic carbocycles. The summed E-state index contributed by atoms with van der Waals surface area (Å²) in [7, 11) is 0. The van der Waals surface area contributed by atoms with Crippen LogP contribution in [-0.4, -0.2) is 41.5 Å². The minimum atomic E-state index is -0.520. The number of aryl methyl sites for hydroxylation is 1. The molecule has 2 aliphatic carbocycles. The zero-order valence-electron chi connectivity index (χ0n) is 21.6. The number of allylic oxidation sites excluding steroid dienone is 1. The molecule has 2 saturated carbocycles. The van der Waals surface area contributed by atoms with Crippen LogP contribution in [0.25, 0.3) is 0 Å². The van der Waals surface area contributed by atoms with Crippen LogP contribution in [0.3, 0.4) is 0 Å². The number of hydrogen-bond acceptors (Lipinski definition) is 5. The number of ether oxygens (including phenoxy) is 1. The topological polar surface area (TPSA) is 78.8 Å². The maximum Gasteiger partial charge on any atom is 0.336 e. The first-order valence-corrected chi connectivity index (χ1v) is 12.3. The first-order chi connectivity index (χ1) is 15.6. The van der Waals surface area contributed by atoms with Crippen molar-refractivity contribution >= 4 is 11.7 Å². The van der Waals surface area contributed by atoms with Crippen molar-refractivity contribution in [3.63, 3.8) is 0 Å². The maximum absolute atomic E-state index is 12.6. The normalized spacial score (nSPS) is 33.0. The maximum atomic E-state index is 12.6. The molecule has 0 saturated heterocycles. The van der Waals surface area contributed by atoms with Crippen molar-refractivity contribution in [3.05, 3.63) is 53.1 Å². The number of carbonyl (C=O) groups excluding carboxylic acids is 1. The van der Waals surface area contributed by atoms with Crippen LogP contribution in [0.2, 0.25) is 0 Å². The number of cyclic esters (lactones) is 1. The molecule has 0 spiro atoms. The van der Waals surface area contributed by atoms with Gasteiger partial charge in [-0.15, -0.1) is 0 Å². The quantitative estimate of drug-likeness (QED) is 0.286. The third kappa shape index (κ3) is 6.02. The first kappa shape index (κ1) is 32.0. The Morgan fingerprint density at radius 3 is 2.57 bits per heavy atom. The van der Waals surface area contributed by atoms with Gasteiger partial charge in [-0.05, 0) is 86.5 Å². The van der Waals surface area contributed by atoms with Gasteiger partial charge >= 0.3 is 5.97 Å². The summed E-state index contributed by atoms with van der Waals surface area (Å²) >= 11 is 0. The minimum Gasteiger partial charge on any atom is -0.458 e.